The van der Waals surface area contributed by atoms with Crippen molar-refractivity contribution in [2.45, 2.75) is 0 Å². The number of benzene rings is 2. The third-order valence-corrected chi connectivity index (χ3v) is 2.31. The van der Waals surface area contributed by atoms with E-state index in [0.717, 1.165) is 12.1 Å². The van der Waals surface area contributed by atoms with Gasteiger partial charge in [0.1, 0.15) is 11.5 Å². The Bertz CT molecular complexity index is 544. The zero-order valence-corrected chi connectivity index (χ0v) is 9.18. The van der Waals surface area contributed by atoms with Crippen LogP contribution in [0, 0.1) is 11.6 Å². The molecule has 0 heterocycles. The summed E-state index contributed by atoms with van der Waals surface area (Å²) in [6.45, 7) is 0. The highest BCUT2D eigenvalue weighted by atomic mass is 19.2. The Hall–Kier alpha value is -1.92. The van der Waals surface area contributed by atoms with Gasteiger partial charge in [-0.15, -0.1) is 0 Å². The van der Waals surface area contributed by atoms with Gasteiger partial charge in [-0.1, -0.05) is 12.1 Å². The average Bonchev–Trinajstić information content (AvgIpc) is 2.34. The lowest BCUT2D eigenvalue weighted by Gasteiger charge is -2.06. The van der Waals surface area contributed by atoms with E-state index in [0.29, 0.717) is 11.2 Å². The molecule has 0 atom stereocenters. The molecule has 0 saturated carbocycles. The summed E-state index contributed by atoms with van der Waals surface area (Å²) in [6, 6.07) is 9.11. The van der Waals surface area contributed by atoms with Crippen LogP contribution in [0.4, 0.5) is 8.78 Å². The van der Waals surface area contributed by atoms with E-state index in [1.165, 1.54) is 30.3 Å². The lowest BCUT2D eigenvalue weighted by molar-refractivity contribution is 0.425. The second-order valence-corrected chi connectivity index (χ2v) is 3.62. The van der Waals surface area contributed by atoms with E-state index in [4.69, 9.17) is 14.8 Å². The van der Waals surface area contributed by atoms with Gasteiger partial charge >= 0.3 is 7.12 Å². The Morgan fingerprint density at radius 3 is 2.00 bits per heavy atom. The van der Waals surface area contributed by atoms with Crippen LogP contribution in [0.5, 0.6) is 11.5 Å². The molecule has 2 aromatic rings. The molecule has 0 amide bonds. The minimum absolute atomic E-state index is 0.159. The Balaban J connectivity index is 2.15. The zero-order chi connectivity index (χ0) is 13.1. The van der Waals surface area contributed by atoms with Gasteiger partial charge in [-0.2, -0.15) is 0 Å². The first-order valence-corrected chi connectivity index (χ1v) is 5.15. The molecule has 0 unspecified atom stereocenters. The summed E-state index contributed by atoms with van der Waals surface area (Å²) < 4.78 is 30.9. The first-order valence-electron chi connectivity index (χ1n) is 5.15. The Kier molecular flexibility index (Phi) is 3.59. The highest BCUT2D eigenvalue weighted by Crippen LogP contribution is 2.22. The van der Waals surface area contributed by atoms with Crippen LogP contribution in [0.3, 0.4) is 0 Å². The predicted molar refractivity (Wildman–Crippen MR) is 62.7 cm³/mol. The zero-order valence-electron chi connectivity index (χ0n) is 9.18. The lowest BCUT2D eigenvalue weighted by Crippen LogP contribution is -2.29. The number of hydrogen-bond donors (Lipinski definition) is 2. The predicted octanol–water partition coefficient (Wildman–Crippen LogP) is 1.44. The maximum atomic E-state index is 12.9. The third-order valence-electron chi connectivity index (χ3n) is 2.31. The van der Waals surface area contributed by atoms with Crippen LogP contribution in [-0.2, 0) is 0 Å². The molecule has 0 aromatic heterocycles. The van der Waals surface area contributed by atoms with Crippen LogP contribution in [0.15, 0.2) is 42.5 Å². The molecule has 0 saturated heterocycles. The van der Waals surface area contributed by atoms with Crippen molar-refractivity contribution in [3.63, 3.8) is 0 Å². The molecule has 0 aliphatic rings. The summed E-state index contributed by atoms with van der Waals surface area (Å²) in [6.07, 6.45) is 0. The van der Waals surface area contributed by atoms with Gasteiger partial charge in [0.2, 0.25) is 0 Å². The van der Waals surface area contributed by atoms with Gasteiger partial charge < -0.3 is 14.8 Å². The largest absolute Gasteiger partial charge is 0.488 e. The molecule has 0 radical (unpaired) electrons. The van der Waals surface area contributed by atoms with Crippen molar-refractivity contribution < 1.29 is 23.6 Å². The highest BCUT2D eigenvalue weighted by molar-refractivity contribution is 6.58. The number of ether oxygens (including phenoxy) is 1. The van der Waals surface area contributed by atoms with Crippen molar-refractivity contribution in [3.8, 4) is 11.5 Å². The summed E-state index contributed by atoms with van der Waals surface area (Å²) in [5.74, 6) is -1.40. The molecular formula is C12H9BF2O3. The Labute approximate surface area is 102 Å². The fraction of sp³-hybridized carbons (Fsp3) is 0. The molecule has 2 rings (SSSR count). The van der Waals surface area contributed by atoms with E-state index in [1.807, 2.05) is 0 Å². The van der Waals surface area contributed by atoms with Gasteiger partial charge in [-0.3, -0.25) is 0 Å². The highest BCUT2D eigenvalue weighted by Gasteiger charge is 2.10. The Morgan fingerprint density at radius 2 is 1.44 bits per heavy atom. The molecule has 18 heavy (non-hydrogen) atoms. The van der Waals surface area contributed by atoms with Gasteiger partial charge in [-0.25, -0.2) is 8.78 Å². The first kappa shape index (κ1) is 12.5. The van der Waals surface area contributed by atoms with Gasteiger partial charge in [0, 0.05) is 6.07 Å². The number of halogens is 2. The summed E-state index contributed by atoms with van der Waals surface area (Å²) >= 11 is 0. The van der Waals surface area contributed by atoms with Gasteiger partial charge in [0.05, 0.1) is 0 Å². The smallest absolute Gasteiger partial charge is 0.457 e. The molecule has 2 N–H and O–H groups in total. The summed E-state index contributed by atoms with van der Waals surface area (Å²) in [7, 11) is -1.55. The van der Waals surface area contributed by atoms with Crippen molar-refractivity contribution >= 4 is 12.6 Å². The fourth-order valence-electron chi connectivity index (χ4n) is 1.38. The molecule has 0 spiro atoms. The normalized spacial score (nSPS) is 10.2. The van der Waals surface area contributed by atoms with Crippen LogP contribution < -0.4 is 10.2 Å². The van der Waals surface area contributed by atoms with Crippen molar-refractivity contribution in [3.05, 3.63) is 54.1 Å². The first-order chi connectivity index (χ1) is 8.56. The third kappa shape index (κ3) is 2.85. The lowest BCUT2D eigenvalue weighted by atomic mass is 9.80. The van der Waals surface area contributed by atoms with Crippen molar-refractivity contribution in [1.82, 2.24) is 0 Å². The maximum absolute atomic E-state index is 12.9. The van der Waals surface area contributed by atoms with Crippen molar-refractivity contribution in [1.29, 1.82) is 0 Å². The maximum Gasteiger partial charge on any atom is 0.488 e. The second-order valence-electron chi connectivity index (χ2n) is 3.62. The van der Waals surface area contributed by atoms with E-state index >= 15 is 0 Å². The topological polar surface area (TPSA) is 49.7 Å². The molecular weight excluding hydrogens is 241 g/mol. The van der Waals surface area contributed by atoms with Crippen molar-refractivity contribution in [2.24, 2.45) is 0 Å². The van der Waals surface area contributed by atoms with Crippen LogP contribution in [0.2, 0.25) is 0 Å². The molecule has 0 bridgehead atoms. The van der Waals surface area contributed by atoms with Gasteiger partial charge in [0.25, 0.3) is 0 Å². The minimum atomic E-state index is -1.55. The van der Waals surface area contributed by atoms with Crippen LogP contribution in [0.25, 0.3) is 0 Å². The molecule has 2 aromatic carbocycles. The summed E-state index contributed by atoms with van der Waals surface area (Å²) in [5, 5.41) is 17.8. The standard InChI is InChI=1S/C12H9BF2O3/c14-11-6-5-10(7-12(11)15)18-9-3-1-8(2-4-9)13(16)17/h1-7,16-17H. The average molecular weight is 250 g/mol. The van der Waals surface area contributed by atoms with E-state index in [9.17, 15) is 8.78 Å². The Morgan fingerprint density at radius 1 is 0.833 bits per heavy atom. The molecule has 92 valence electrons. The van der Waals surface area contributed by atoms with Crippen LogP contribution in [0.1, 0.15) is 0 Å². The quantitative estimate of drug-likeness (QED) is 0.810. The van der Waals surface area contributed by atoms with E-state index < -0.39 is 18.8 Å². The summed E-state index contributed by atoms with van der Waals surface area (Å²) in [4.78, 5) is 0. The molecule has 3 nitrogen and oxygen atoms in total. The SMILES string of the molecule is OB(O)c1ccc(Oc2ccc(F)c(F)c2)cc1. The molecule has 0 aliphatic carbocycles. The number of hydrogen-bond acceptors (Lipinski definition) is 3. The van der Waals surface area contributed by atoms with Crippen LogP contribution >= 0.6 is 0 Å². The van der Waals surface area contributed by atoms with E-state index in [-0.39, 0.29) is 5.75 Å². The van der Waals surface area contributed by atoms with Crippen LogP contribution in [-0.4, -0.2) is 17.2 Å². The van der Waals surface area contributed by atoms with Gasteiger partial charge in [-0.05, 0) is 29.7 Å². The summed E-state index contributed by atoms with van der Waals surface area (Å²) in [5.41, 5.74) is 0.313. The molecule has 6 heteroatoms. The monoisotopic (exact) mass is 250 g/mol. The second kappa shape index (κ2) is 5.16. The molecule has 0 fully saturated rings. The fourth-order valence-corrected chi connectivity index (χ4v) is 1.38. The van der Waals surface area contributed by atoms with Gasteiger partial charge in [0.15, 0.2) is 11.6 Å². The van der Waals surface area contributed by atoms with E-state index in [1.54, 1.807) is 0 Å². The van der Waals surface area contributed by atoms with Crippen molar-refractivity contribution in [2.75, 3.05) is 0 Å². The minimum Gasteiger partial charge on any atom is -0.457 e. The number of rotatable bonds is 3. The van der Waals surface area contributed by atoms with E-state index in [2.05, 4.69) is 0 Å². The molecule has 0 aliphatic heterocycles.